The molecule has 1 aliphatic rings. The molecule has 33 heavy (non-hydrogen) atoms. The second-order valence-corrected chi connectivity index (χ2v) is 7.79. The summed E-state index contributed by atoms with van der Waals surface area (Å²) >= 11 is 0. The molecule has 0 fully saturated rings. The maximum atomic E-state index is 12.7. The van der Waals surface area contributed by atoms with Crippen LogP contribution >= 0.6 is 0 Å². The van der Waals surface area contributed by atoms with Crippen LogP contribution in [-0.4, -0.2) is 38.0 Å². The van der Waals surface area contributed by atoms with Crippen LogP contribution in [0.4, 0.5) is 17.6 Å². The Bertz CT molecular complexity index is 1300. The van der Waals surface area contributed by atoms with E-state index in [9.17, 15) is 4.79 Å². The molecule has 0 saturated carbocycles. The molecule has 2 aromatic heterocycles. The van der Waals surface area contributed by atoms with E-state index in [4.69, 9.17) is 4.74 Å². The molecule has 9 nitrogen and oxygen atoms in total. The van der Waals surface area contributed by atoms with Crippen LogP contribution in [0.3, 0.4) is 0 Å². The van der Waals surface area contributed by atoms with Crippen molar-refractivity contribution in [1.82, 2.24) is 25.0 Å². The molecule has 1 N–H and O–H groups in total. The number of hydrogen-bond donors (Lipinski definition) is 1. The van der Waals surface area contributed by atoms with Gasteiger partial charge < -0.3 is 10.1 Å². The van der Waals surface area contributed by atoms with Crippen molar-refractivity contribution in [2.45, 2.75) is 26.4 Å². The zero-order chi connectivity index (χ0) is 22.8. The summed E-state index contributed by atoms with van der Waals surface area (Å²) in [5, 5.41) is 15.6. The van der Waals surface area contributed by atoms with Gasteiger partial charge >= 0.3 is 0 Å². The Kier molecular flexibility index (Phi) is 5.43. The lowest BCUT2D eigenvalue weighted by Crippen LogP contribution is -2.37. The number of benzene rings is 2. The number of carbonyl (C=O) groups is 1. The van der Waals surface area contributed by atoms with Crippen LogP contribution in [0.5, 0.6) is 5.75 Å². The van der Waals surface area contributed by atoms with Gasteiger partial charge in [-0.05, 0) is 36.2 Å². The first kappa shape index (κ1) is 20.6. The van der Waals surface area contributed by atoms with Crippen molar-refractivity contribution >= 4 is 23.5 Å². The highest BCUT2D eigenvalue weighted by molar-refractivity contribution is 5.93. The highest BCUT2D eigenvalue weighted by Crippen LogP contribution is 2.33. The number of aromatic nitrogens is 5. The molecule has 3 heterocycles. The van der Waals surface area contributed by atoms with Crippen molar-refractivity contribution in [2.24, 2.45) is 0 Å². The van der Waals surface area contributed by atoms with E-state index in [0.29, 0.717) is 37.2 Å². The second-order valence-electron chi connectivity index (χ2n) is 7.79. The van der Waals surface area contributed by atoms with E-state index in [-0.39, 0.29) is 5.91 Å². The van der Waals surface area contributed by atoms with E-state index in [1.54, 1.807) is 29.1 Å². The monoisotopic (exact) mass is 441 g/mol. The standard InChI is InChI=1S/C24H23N7O2/c1-16-5-3-4-6-18(16)15-30-22(32)10-12-31-24(30)28-23(29-31)27-19-7-8-20(21(13-19)33-2)17-9-11-25-26-14-17/h3-9,11,13-14H,10,12,15H2,1-2H3,(H,27,29). The van der Waals surface area contributed by atoms with E-state index in [2.05, 4.69) is 25.6 Å². The number of amides is 1. The molecule has 0 saturated heterocycles. The van der Waals surface area contributed by atoms with Crippen LogP contribution in [0.2, 0.25) is 0 Å². The number of rotatable bonds is 6. The Morgan fingerprint density at radius 2 is 2.00 bits per heavy atom. The molecular weight excluding hydrogens is 418 g/mol. The van der Waals surface area contributed by atoms with Gasteiger partial charge in [-0.15, -0.1) is 5.10 Å². The lowest BCUT2D eigenvalue weighted by Gasteiger charge is -2.26. The van der Waals surface area contributed by atoms with E-state index in [1.807, 2.05) is 55.5 Å². The molecule has 0 aliphatic carbocycles. The summed E-state index contributed by atoms with van der Waals surface area (Å²) in [5.41, 5.74) is 4.82. The summed E-state index contributed by atoms with van der Waals surface area (Å²) in [5.74, 6) is 1.70. The number of aryl methyl sites for hydroxylation is 2. The minimum absolute atomic E-state index is 0.0432. The van der Waals surface area contributed by atoms with E-state index in [0.717, 1.165) is 27.9 Å². The quantitative estimate of drug-likeness (QED) is 0.487. The Morgan fingerprint density at radius 3 is 2.79 bits per heavy atom. The lowest BCUT2D eigenvalue weighted by atomic mass is 10.1. The highest BCUT2D eigenvalue weighted by atomic mass is 16.5. The number of fused-ring (bicyclic) bond motifs is 1. The highest BCUT2D eigenvalue weighted by Gasteiger charge is 2.28. The molecule has 166 valence electrons. The molecule has 0 unspecified atom stereocenters. The van der Waals surface area contributed by atoms with Crippen molar-refractivity contribution < 1.29 is 9.53 Å². The fourth-order valence-electron chi connectivity index (χ4n) is 3.89. The Balaban J connectivity index is 1.41. The molecule has 5 rings (SSSR count). The average Bonchev–Trinajstić information content (AvgIpc) is 3.25. The molecule has 2 aromatic carbocycles. The van der Waals surface area contributed by atoms with Crippen LogP contribution < -0.4 is 15.0 Å². The Labute approximate surface area is 191 Å². The minimum Gasteiger partial charge on any atom is -0.496 e. The van der Waals surface area contributed by atoms with Gasteiger partial charge in [-0.25, -0.2) is 4.68 Å². The third kappa shape index (κ3) is 4.12. The van der Waals surface area contributed by atoms with E-state index < -0.39 is 0 Å². The summed E-state index contributed by atoms with van der Waals surface area (Å²) in [4.78, 5) is 19.0. The number of nitrogens with one attached hydrogen (secondary N) is 1. The maximum Gasteiger partial charge on any atom is 0.248 e. The van der Waals surface area contributed by atoms with Crippen molar-refractivity contribution in [3.63, 3.8) is 0 Å². The molecule has 9 heteroatoms. The molecule has 0 spiro atoms. The number of anilines is 3. The molecule has 0 radical (unpaired) electrons. The minimum atomic E-state index is 0.0432. The van der Waals surface area contributed by atoms with Gasteiger partial charge in [0.1, 0.15) is 5.75 Å². The summed E-state index contributed by atoms with van der Waals surface area (Å²) in [6.45, 7) is 3.01. The molecule has 0 atom stereocenters. The fourth-order valence-corrected chi connectivity index (χ4v) is 3.89. The van der Waals surface area contributed by atoms with E-state index in [1.165, 1.54) is 0 Å². The molecule has 4 aromatic rings. The number of nitrogens with zero attached hydrogens (tertiary/aromatic N) is 6. The molecule has 1 aliphatic heterocycles. The summed E-state index contributed by atoms with van der Waals surface area (Å²) in [7, 11) is 1.62. The van der Waals surface area contributed by atoms with Crippen LogP contribution in [0, 0.1) is 6.92 Å². The third-order valence-corrected chi connectivity index (χ3v) is 5.67. The number of methoxy groups -OCH3 is 1. The topological polar surface area (TPSA) is 98.1 Å². The smallest absolute Gasteiger partial charge is 0.248 e. The number of hydrogen-bond acceptors (Lipinski definition) is 7. The van der Waals surface area contributed by atoms with Crippen LogP contribution in [0.15, 0.2) is 60.9 Å². The van der Waals surface area contributed by atoms with Gasteiger partial charge in [0.15, 0.2) is 0 Å². The molecular formula is C24H23N7O2. The van der Waals surface area contributed by atoms with Gasteiger partial charge in [0, 0.05) is 29.3 Å². The maximum absolute atomic E-state index is 12.7. The predicted molar refractivity (Wildman–Crippen MR) is 124 cm³/mol. The lowest BCUT2D eigenvalue weighted by molar-refractivity contribution is -0.119. The van der Waals surface area contributed by atoms with Gasteiger partial charge in [-0.1, -0.05) is 24.3 Å². The largest absolute Gasteiger partial charge is 0.496 e. The fraction of sp³-hybridized carbons (Fsp3) is 0.208. The summed E-state index contributed by atoms with van der Waals surface area (Å²) in [6.07, 6.45) is 3.73. The van der Waals surface area contributed by atoms with E-state index >= 15 is 0 Å². The molecule has 1 amide bonds. The van der Waals surface area contributed by atoms with Crippen molar-refractivity contribution in [1.29, 1.82) is 0 Å². The number of ether oxygens (including phenoxy) is 1. The van der Waals surface area contributed by atoms with Crippen LogP contribution in [0.25, 0.3) is 11.1 Å². The zero-order valence-corrected chi connectivity index (χ0v) is 18.4. The summed E-state index contributed by atoms with van der Waals surface area (Å²) in [6, 6.07) is 15.7. The number of carbonyl (C=O) groups excluding carboxylic acids is 1. The zero-order valence-electron chi connectivity index (χ0n) is 18.4. The SMILES string of the molecule is COc1cc(Nc2nc3n(n2)CCC(=O)N3Cc2ccccc2C)ccc1-c1ccnnc1. The predicted octanol–water partition coefficient (Wildman–Crippen LogP) is 3.73. The van der Waals surface area contributed by atoms with Crippen LogP contribution in [0.1, 0.15) is 17.5 Å². The first-order chi connectivity index (χ1) is 16.1. The van der Waals surface area contributed by atoms with Crippen molar-refractivity contribution in [3.8, 4) is 16.9 Å². The van der Waals surface area contributed by atoms with Crippen LogP contribution in [-0.2, 0) is 17.9 Å². The van der Waals surface area contributed by atoms with Crippen molar-refractivity contribution in [3.05, 3.63) is 72.1 Å². The first-order valence-corrected chi connectivity index (χ1v) is 10.6. The van der Waals surface area contributed by atoms with Gasteiger partial charge in [-0.2, -0.15) is 15.2 Å². The van der Waals surface area contributed by atoms with Gasteiger partial charge in [0.25, 0.3) is 0 Å². The molecule has 0 bridgehead atoms. The first-order valence-electron chi connectivity index (χ1n) is 10.6. The van der Waals surface area contributed by atoms with Crippen molar-refractivity contribution in [2.75, 3.05) is 17.3 Å². The Hall–Kier alpha value is -4.27. The normalized spacial score (nSPS) is 13.0. The second kappa shape index (κ2) is 8.70. The average molecular weight is 441 g/mol. The summed E-state index contributed by atoms with van der Waals surface area (Å²) < 4.78 is 7.36. The van der Waals surface area contributed by atoms with Gasteiger partial charge in [-0.3, -0.25) is 9.69 Å². The Morgan fingerprint density at radius 1 is 1.12 bits per heavy atom. The van der Waals surface area contributed by atoms with Gasteiger partial charge in [0.2, 0.25) is 17.8 Å². The van der Waals surface area contributed by atoms with Gasteiger partial charge in [0.05, 0.1) is 32.6 Å². The third-order valence-electron chi connectivity index (χ3n) is 5.67.